The maximum atomic E-state index is 10.5. The van der Waals surface area contributed by atoms with Crippen molar-refractivity contribution in [2.24, 2.45) is 0 Å². The molecule has 0 aromatic heterocycles. The zero-order chi connectivity index (χ0) is 18.5. The van der Waals surface area contributed by atoms with E-state index in [1.807, 2.05) is 0 Å². The van der Waals surface area contributed by atoms with Gasteiger partial charge < -0.3 is 5.11 Å². The van der Waals surface area contributed by atoms with Gasteiger partial charge in [0.25, 0.3) is 0 Å². The summed E-state index contributed by atoms with van der Waals surface area (Å²) in [7, 11) is 0. The molecule has 0 spiro atoms. The molecule has 1 aromatic carbocycles. The van der Waals surface area contributed by atoms with Crippen LogP contribution in [0, 0.1) is 0 Å². The predicted molar refractivity (Wildman–Crippen MR) is 110 cm³/mol. The molecule has 4 rings (SSSR count). The number of hydrogen-bond acceptors (Lipinski definition) is 5. The Morgan fingerprint density at radius 2 is 1.41 bits per heavy atom. The van der Waals surface area contributed by atoms with E-state index < -0.39 is 0 Å². The van der Waals surface area contributed by atoms with Crippen LogP contribution in [0.25, 0.3) is 0 Å². The molecule has 1 aromatic rings. The number of rotatable bonds is 6. The van der Waals surface area contributed by atoms with E-state index in [1.165, 1.54) is 51.0 Å². The highest BCUT2D eigenvalue weighted by Gasteiger charge is 2.35. The van der Waals surface area contributed by atoms with Crippen molar-refractivity contribution in [1.82, 2.24) is 19.6 Å². The fourth-order valence-electron chi connectivity index (χ4n) is 4.93. The number of piperidine rings is 1. The van der Waals surface area contributed by atoms with Gasteiger partial charge in [0.05, 0.1) is 6.10 Å². The first-order chi connectivity index (χ1) is 13.3. The van der Waals surface area contributed by atoms with E-state index in [0.29, 0.717) is 6.04 Å². The lowest BCUT2D eigenvalue weighted by atomic mass is 10.1. The minimum atomic E-state index is -0.161. The van der Waals surface area contributed by atoms with Gasteiger partial charge in [-0.25, -0.2) is 0 Å². The number of benzene rings is 1. The lowest BCUT2D eigenvalue weighted by molar-refractivity contribution is 0.0705. The number of nitrogens with zero attached hydrogens (tertiary/aromatic N) is 4. The van der Waals surface area contributed by atoms with Crippen LogP contribution in [-0.2, 0) is 6.54 Å². The normalized spacial score (nSPS) is 29.4. The third-order valence-corrected chi connectivity index (χ3v) is 6.64. The third kappa shape index (κ3) is 5.30. The largest absolute Gasteiger partial charge is 0.390 e. The molecule has 5 heteroatoms. The molecule has 2 atom stereocenters. The molecule has 27 heavy (non-hydrogen) atoms. The number of β-amino-alcohol motifs (C(OH)–C–C–N with tert-alkyl or cyclic N) is 1. The number of hydrogen-bond donors (Lipinski definition) is 1. The Morgan fingerprint density at radius 1 is 0.741 bits per heavy atom. The highest BCUT2D eigenvalue weighted by molar-refractivity contribution is 5.14. The van der Waals surface area contributed by atoms with Crippen molar-refractivity contribution in [2.75, 3.05) is 65.4 Å². The molecular weight excluding hydrogens is 336 g/mol. The Morgan fingerprint density at radius 3 is 2.15 bits per heavy atom. The van der Waals surface area contributed by atoms with Gasteiger partial charge in [0.1, 0.15) is 0 Å². The molecule has 3 aliphatic heterocycles. The zero-order valence-electron chi connectivity index (χ0n) is 16.7. The van der Waals surface area contributed by atoms with Crippen LogP contribution in [0.4, 0.5) is 0 Å². The van der Waals surface area contributed by atoms with Crippen molar-refractivity contribution in [3.63, 3.8) is 0 Å². The van der Waals surface area contributed by atoms with Gasteiger partial charge in [0.2, 0.25) is 0 Å². The molecule has 3 saturated heterocycles. The average molecular weight is 373 g/mol. The molecule has 0 aliphatic carbocycles. The van der Waals surface area contributed by atoms with Crippen molar-refractivity contribution in [1.29, 1.82) is 0 Å². The molecule has 0 unspecified atom stereocenters. The Hall–Kier alpha value is -0.980. The van der Waals surface area contributed by atoms with Crippen LogP contribution < -0.4 is 0 Å². The van der Waals surface area contributed by atoms with Gasteiger partial charge in [0.15, 0.2) is 0 Å². The summed E-state index contributed by atoms with van der Waals surface area (Å²) < 4.78 is 0. The minimum Gasteiger partial charge on any atom is -0.390 e. The van der Waals surface area contributed by atoms with E-state index >= 15 is 0 Å². The quantitative estimate of drug-likeness (QED) is 0.815. The van der Waals surface area contributed by atoms with Crippen LogP contribution in [0.1, 0.15) is 24.8 Å². The minimum absolute atomic E-state index is 0.161. The fraction of sp³-hybridized carbons (Fsp3) is 0.727. The summed E-state index contributed by atoms with van der Waals surface area (Å²) in [5, 5.41) is 10.5. The van der Waals surface area contributed by atoms with Crippen LogP contribution in [0.5, 0.6) is 0 Å². The topological polar surface area (TPSA) is 33.2 Å². The number of aliphatic hydroxyl groups is 1. The molecule has 0 radical (unpaired) electrons. The Balaban J connectivity index is 1.16. The van der Waals surface area contributed by atoms with Crippen LogP contribution in [0.3, 0.4) is 0 Å². The summed E-state index contributed by atoms with van der Waals surface area (Å²) in [6.45, 7) is 12.2. The van der Waals surface area contributed by atoms with Gasteiger partial charge in [-0.1, -0.05) is 36.8 Å². The van der Waals surface area contributed by atoms with Gasteiger partial charge in [-0.05, 0) is 31.5 Å². The van der Waals surface area contributed by atoms with Crippen molar-refractivity contribution < 1.29 is 5.11 Å². The lowest BCUT2D eigenvalue weighted by Gasteiger charge is -2.35. The summed E-state index contributed by atoms with van der Waals surface area (Å²) in [5.74, 6) is 0. The first-order valence-corrected chi connectivity index (χ1v) is 10.9. The van der Waals surface area contributed by atoms with Gasteiger partial charge in [0, 0.05) is 64.9 Å². The number of piperazine rings is 1. The summed E-state index contributed by atoms with van der Waals surface area (Å²) in [6.07, 6.45) is 3.80. The third-order valence-electron chi connectivity index (χ3n) is 6.64. The van der Waals surface area contributed by atoms with Crippen molar-refractivity contribution >= 4 is 0 Å². The summed E-state index contributed by atoms with van der Waals surface area (Å²) in [6, 6.07) is 11.2. The standard InChI is InChI=1S/C22H36N4O/c27-22-19-25(18-21(22)26-9-5-2-6-10-26)16-13-23-11-14-24(15-12-23)17-20-7-3-1-4-8-20/h1,3-4,7-8,21-22,27H,2,5-6,9-19H2/t21-,22-/m1/s1. The van der Waals surface area contributed by atoms with Crippen LogP contribution in [-0.4, -0.2) is 102 Å². The monoisotopic (exact) mass is 372 g/mol. The highest BCUT2D eigenvalue weighted by Crippen LogP contribution is 2.20. The van der Waals surface area contributed by atoms with E-state index in [1.54, 1.807) is 0 Å². The summed E-state index contributed by atoms with van der Waals surface area (Å²) in [5.41, 5.74) is 1.42. The maximum Gasteiger partial charge on any atom is 0.0834 e. The van der Waals surface area contributed by atoms with E-state index in [4.69, 9.17) is 0 Å². The van der Waals surface area contributed by atoms with Crippen molar-refractivity contribution in [2.45, 2.75) is 38.0 Å². The predicted octanol–water partition coefficient (Wildman–Crippen LogP) is 1.34. The van der Waals surface area contributed by atoms with E-state index in [-0.39, 0.29) is 6.10 Å². The molecule has 150 valence electrons. The number of aliphatic hydroxyl groups excluding tert-OH is 1. The van der Waals surface area contributed by atoms with Gasteiger partial charge in [-0.15, -0.1) is 0 Å². The summed E-state index contributed by atoms with van der Waals surface area (Å²) in [4.78, 5) is 10.2. The molecular formula is C22H36N4O. The summed E-state index contributed by atoms with van der Waals surface area (Å²) >= 11 is 0. The molecule has 3 heterocycles. The molecule has 0 saturated carbocycles. The zero-order valence-corrected chi connectivity index (χ0v) is 16.7. The van der Waals surface area contributed by atoms with Crippen molar-refractivity contribution in [3.8, 4) is 0 Å². The lowest BCUT2D eigenvalue weighted by Crippen LogP contribution is -2.48. The molecule has 0 amide bonds. The SMILES string of the molecule is O[C@@H]1CN(CCN2CCN(Cc3ccccc3)CC2)C[C@H]1N1CCCCC1. The molecule has 1 N–H and O–H groups in total. The highest BCUT2D eigenvalue weighted by atomic mass is 16.3. The first kappa shape index (κ1) is 19.3. The van der Waals surface area contributed by atoms with Gasteiger partial charge in [-0.2, -0.15) is 0 Å². The average Bonchev–Trinajstić information content (AvgIpc) is 3.09. The molecule has 5 nitrogen and oxygen atoms in total. The second-order valence-electron chi connectivity index (χ2n) is 8.59. The molecule has 3 fully saturated rings. The van der Waals surface area contributed by atoms with Crippen molar-refractivity contribution in [3.05, 3.63) is 35.9 Å². The molecule has 3 aliphatic rings. The van der Waals surface area contributed by atoms with E-state index in [9.17, 15) is 5.11 Å². The van der Waals surface area contributed by atoms with Crippen LogP contribution in [0.2, 0.25) is 0 Å². The Bertz CT molecular complexity index is 555. The maximum absolute atomic E-state index is 10.5. The Labute approximate surface area is 164 Å². The van der Waals surface area contributed by atoms with E-state index in [2.05, 4.69) is 49.9 Å². The first-order valence-electron chi connectivity index (χ1n) is 10.9. The smallest absolute Gasteiger partial charge is 0.0834 e. The van der Waals surface area contributed by atoms with Crippen LogP contribution in [0.15, 0.2) is 30.3 Å². The van der Waals surface area contributed by atoms with Gasteiger partial charge >= 0.3 is 0 Å². The Kier molecular flexibility index (Phi) is 6.79. The second kappa shape index (κ2) is 9.48. The van der Waals surface area contributed by atoms with E-state index in [0.717, 1.165) is 45.8 Å². The fourth-order valence-corrected chi connectivity index (χ4v) is 4.93. The second-order valence-corrected chi connectivity index (χ2v) is 8.59. The molecule has 0 bridgehead atoms. The number of likely N-dealkylation sites (tertiary alicyclic amines) is 2. The van der Waals surface area contributed by atoms with Gasteiger partial charge in [-0.3, -0.25) is 19.6 Å². The van der Waals surface area contributed by atoms with Crippen LogP contribution >= 0.6 is 0 Å².